The molecule has 0 amide bonds. The van der Waals surface area contributed by atoms with E-state index in [4.69, 9.17) is 5.26 Å². The summed E-state index contributed by atoms with van der Waals surface area (Å²) in [5.74, 6) is 0. The van der Waals surface area contributed by atoms with Crippen molar-refractivity contribution in [1.29, 1.82) is 5.26 Å². The third-order valence-electron chi connectivity index (χ3n) is 2.58. The maximum atomic E-state index is 8.96. The Morgan fingerprint density at radius 1 is 1.38 bits per heavy atom. The lowest BCUT2D eigenvalue weighted by atomic mass is 9.98. The van der Waals surface area contributed by atoms with Crippen LogP contribution in [0.15, 0.2) is 24.3 Å². The predicted molar refractivity (Wildman–Crippen MR) is 60.1 cm³/mol. The molecule has 0 N–H and O–H groups in total. The van der Waals surface area contributed by atoms with Crippen LogP contribution < -0.4 is 0 Å². The van der Waals surface area contributed by atoms with Gasteiger partial charge in [-0.2, -0.15) is 5.26 Å². The van der Waals surface area contributed by atoms with Crippen LogP contribution >= 0.6 is 22.6 Å². The molecule has 2 rings (SSSR count). The molecular weight excluding hydrogens is 273 g/mol. The van der Waals surface area contributed by atoms with E-state index in [0.717, 1.165) is 19.3 Å². The van der Waals surface area contributed by atoms with Gasteiger partial charge >= 0.3 is 0 Å². The van der Waals surface area contributed by atoms with E-state index in [2.05, 4.69) is 40.8 Å². The molecule has 0 spiro atoms. The monoisotopic (exact) mass is 283 g/mol. The fourth-order valence-corrected chi connectivity index (χ4v) is 2.06. The number of hydrogen-bond donors (Lipinski definition) is 0. The van der Waals surface area contributed by atoms with Gasteiger partial charge < -0.3 is 0 Å². The van der Waals surface area contributed by atoms with Gasteiger partial charge in [0.25, 0.3) is 0 Å². The van der Waals surface area contributed by atoms with Crippen molar-refractivity contribution in [2.24, 2.45) is 5.41 Å². The van der Waals surface area contributed by atoms with Crippen LogP contribution in [0.1, 0.15) is 18.4 Å². The summed E-state index contributed by atoms with van der Waals surface area (Å²) in [6.45, 7) is 0. The molecule has 0 aromatic heterocycles. The average molecular weight is 283 g/mol. The standard InChI is InChI=1S/C11H10IN/c12-10-4-2-1-3-9(10)7-11(8-13)5-6-11/h1-4H,5-7H2. The lowest BCUT2D eigenvalue weighted by Crippen LogP contribution is -2.02. The quantitative estimate of drug-likeness (QED) is 0.765. The predicted octanol–water partition coefficient (Wildman–Crippen LogP) is 3.14. The normalized spacial score (nSPS) is 17.8. The Bertz CT molecular complexity index is 361. The molecule has 0 heterocycles. The molecule has 0 atom stereocenters. The van der Waals surface area contributed by atoms with Crippen LogP contribution in [0.5, 0.6) is 0 Å². The van der Waals surface area contributed by atoms with E-state index in [9.17, 15) is 0 Å². The Morgan fingerprint density at radius 3 is 2.62 bits per heavy atom. The zero-order chi connectivity index (χ0) is 9.31. The molecule has 1 aromatic carbocycles. The Hall–Kier alpha value is -0.560. The van der Waals surface area contributed by atoms with Gasteiger partial charge in [0, 0.05) is 3.57 Å². The van der Waals surface area contributed by atoms with Gasteiger partial charge in [-0.25, -0.2) is 0 Å². The molecule has 66 valence electrons. The average Bonchev–Trinajstić information content (AvgIpc) is 2.90. The van der Waals surface area contributed by atoms with Gasteiger partial charge in [0.15, 0.2) is 0 Å². The summed E-state index contributed by atoms with van der Waals surface area (Å²) in [7, 11) is 0. The van der Waals surface area contributed by atoms with Crippen molar-refractivity contribution in [3.63, 3.8) is 0 Å². The smallest absolute Gasteiger partial charge is 0.0693 e. The fourth-order valence-electron chi connectivity index (χ4n) is 1.49. The molecule has 0 unspecified atom stereocenters. The van der Waals surface area contributed by atoms with Gasteiger partial charge in [0.05, 0.1) is 11.5 Å². The highest BCUT2D eigenvalue weighted by atomic mass is 127. The second-order valence-corrected chi connectivity index (χ2v) is 4.82. The van der Waals surface area contributed by atoms with Crippen LogP contribution in [0, 0.1) is 20.3 Å². The Kier molecular flexibility index (Phi) is 2.29. The van der Waals surface area contributed by atoms with Crippen LogP contribution in [-0.4, -0.2) is 0 Å². The summed E-state index contributed by atoms with van der Waals surface area (Å²) in [5.41, 5.74) is 1.31. The molecule has 0 aliphatic heterocycles. The minimum absolute atomic E-state index is 0.0126. The third-order valence-corrected chi connectivity index (χ3v) is 3.63. The van der Waals surface area contributed by atoms with E-state index < -0.39 is 0 Å². The second kappa shape index (κ2) is 3.30. The van der Waals surface area contributed by atoms with Crippen LogP contribution in [0.3, 0.4) is 0 Å². The molecule has 2 heteroatoms. The number of rotatable bonds is 2. The lowest BCUT2D eigenvalue weighted by Gasteiger charge is -2.07. The highest BCUT2D eigenvalue weighted by Gasteiger charge is 2.43. The molecule has 1 nitrogen and oxygen atoms in total. The van der Waals surface area contributed by atoms with Gasteiger partial charge in [-0.1, -0.05) is 18.2 Å². The molecule has 1 saturated carbocycles. The van der Waals surface area contributed by atoms with Crippen LogP contribution in [0.2, 0.25) is 0 Å². The van der Waals surface area contributed by atoms with Crippen molar-refractivity contribution in [3.05, 3.63) is 33.4 Å². The maximum absolute atomic E-state index is 8.96. The largest absolute Gasteiger partial charge is 0.198 e. The summed E-state index contributed by atoms with van der Waals surface area (Å²) < 4.78 is 1.28. The number of halogens is 1. The Morgan fingerprint density at radius 2 is 2.08 bits per heavy atom. The highest BCUT2D eigenvalue weighted by Crippen LogP contribution is 2.47. The van der Waals surface area contributed by atoms with Crippen molar-refractivity contribution in [2.75, 3.05) is 0 Å². The third kappa shape index (κ3) is 1.86. The van der Waals surface area contributed by atoms with E-state index in [0.29, 0.717) is 0 Å². The van der Waals surface area contributed by atoms with Gasteiger partial charge in [-0.3, -0.25) is 0 Å². The summed E-state index contributed by atoms with van der Waals surface area (Å²) >= 11 is 2.34. The number of benzene rings is 1. The van der Waals surface area contributed by atoms with Gasteiger partial charge in [0.1, 0.15) is 0 Å². The maximum Gasteiger partial charge on any atom is 0.0693 e. The minimum Gasteiger partial charge on any atom is -0.198 e. The van der Waals surface area contributed by atoms with Gasteiger partial charge in [-0.15, -0.1) is 0 Å². The molecular formula is C11H10IN. The van der Waals surface area contributed by atoms with E-state index >= 15 is 0 Å². The van der Waals surface area contributed by atoms with E-state index in [1.807, 2.05) is 12.1 Å². The Balaban J connectivity index is 2.20. The van der Waals surface area contributed by atoms with Crippen molar-refractivity contribution in [2.45, 2.75) is 19.3 Å². The molecule has 1 aliphatic rings. The molecule has 0 radical (unpaired) electrons. The van der Waals surface area contributed by atoms with Gasteiger partial charge in [-0.05, 0) is 53.5 Å². The summed E-state index contributed by atoms with van der Waals surface area (Å²) in [5, 5.41) is 8.96. The topological polar surface area (TPSA) is 23.8 Å². The van der Waals surface area contributed by atoms with Crippen LogP contribution in [-0.2, 0) is 6.42 Å². The SMILES string of the molecule is N#CC1(Cc2ccccc2I)CC1. The fraction of sp³-hybridized carbons (Fsp3) is 0.364. The van der Waals surface area contributed by atoms with Crippen molar-refractivity contribution < 1.29 is 0 Å². The van der Waals surface area contributed by atoms with Gasteiger partial charge in [0.2, 0.25) is 0 Å². The second-order valence-electron chi connectivity index (χ2n) is 3.66. The molecule has 0 saturated heterocycles. The summed E-state index contributed by atoms with van der Waals surface area (Å²) in [6, 6.07) is 10.7. The van der Waals surface area contributed by atoms with E-state index in [1.54, 1.807) is 0 Å². The molecule has 0 bridgehead atoms. The molecule has 1 aromatic rings. The number of hydrogen-bond acceptors (Lipinski definition) is 1. The zero-order valence-corrected chi connectivity index (χ0v) is 9.41. The highest BCUT2D eigenvalue weighted by molar-refractivity contribution is 14.1. The van der Waals surface area contributed by atoms with Crippen molar-refractivity contribution in [1.82, 2.24) is 0 Å². The number of nitriles is 1. The van der Waals surface area contributed by atoms with Crippen LogP contribution in [0.25, 0.3) is 0 Å². The zero-order valence-electron chi connectivity index (χ0n) is 7.26. The first-order chi connectivity index (χ1) is 6.26. The minimum atomic E-state index is -0.0126. The van der Waals surface area contributed by atoms with Crippen molar-refractivity contribution in [3.8, 4) is 6.07 Å². The summed E-state index contributed by atoms with van der Waals surface area (Å²) in [6.07, 6.45) is 3.09. The summed E-state index contributed by atoms with van der Waals surface area (Å²) in [4.78, 5) is 0. The van der Waals surface area contributed by atoms with E-state index in [-0.39, 0.29) is 5.41 Å². The molecule has 1 fully saturated rings. The Labute approximate surface area is 91.9 Å². The first-order valence-electron chi connectivity index (χ1n) is 4.40. The van der Waals surface area contributed by atoms with Crippen molar-refractivity contribution >= 4 is 22.6 Å². The van der Waals surface area contributed by atoms with Crippen LogP contribution in [0.4, 0.5) is 0 Å². The molecule has 1 aliphatic carbocycles. The molecule has 13 heavy (non-hydrogen) atoms. The van der Waals surface area contributed by atoms with E-state index in [1.165, 1.54) is 9.13 Å². The lowest BCUT2D eigenvalue weighted by molar-refractivity contribution is 0.663. The first-order valence-corrected chi connectivity index (χ1v) is 5.48. The number of nitrogens with zero attached hydrogens (tertiary/aromatic N) is 1. The first kappa shape index (κ1) is 9.01.